The lowest BCUT2D eigenvalue weighted by Gasteiger charge is -2.42. The second kappa shape index (κ2) is 6.91. The lowest BCUT2D eigenvalue weighted by atomic mass is 9.81. The maximum absolute atomic E-state index is 10.9. The van der Waals surface area contributed by atoms with Gasteiger partial charge in [0.25, 0.3) is 0 Å². The third kappa shape index (κ3) is 5.92. The van der Waals surface area contributed by atoms with Crippen molar-refractivity contribution in [2.45, 2.75) is 96.6 Å². The highest BCUT2D eigenvalue weighted by atomic mass is 28.4. The molecular formula is C17H35NO3Si. The Morgan fingerprint density at radius 3 is 2.00 bits per heavy atom. The van der Waals surface area contributed by atoms with Gasteiger partial charge in [0.05, 0.1) is 0 Å². The summed E-state index contributed by atoms with van der Waals surface area (Å²) in [5.74, 6) is 0.591. The molecule has 0 spiro atoms. The number of hydrogen-bond acceptors (Lipinski definition) is 3. The van der Waals surface area contributed by atoms with Gasteiger partial charge in [-0.15, -0.1) is 0 Å². The molecule has 22 heavy (non-hydrogen) atoms. The lowest BCUT2D eigenvalue weighted by Crippen LogP contribution is -2.45. The fourth-order valence-electron chi connectivity index (χ4n) is 3.06. The molecule has 1 saturated carbocycles. The molecule has 5 heteroatoms. The molecule has 0 unspecified atom stereocenters. The van der Waals surface area contributed by atoms with Crippen LogP contribution < -0.4 is 5.73 Å². The van der Waals surface area contributed by atoms with Gasteiger partial charge in [0.2, 0.25) is 0 Å². The van der Waals surface area contributed by atoms with Gasteiger partial charge in [-0.05, 0) is 70.0 Å². The Bertz CT molecular complexity index is 380. The van der Waals surface area contributed by atoms with E-state index in [2.05, 4.69) is 33.9 Å². The number of primary amides is 1. The molecule has 1 rings (SSSR count). The Kier molecular flexibility index (Phi) is 6.12. The molecule has 130 valence electrons. The number of carbonyl (C=O) groups is 1. The monoisotopic (exact) mass is 329 g/mol. The predicted molar refractivity (Wildman–Crippen MR) is 93.4 cm³/mol. The van der Waals surface area contributed by atoms with Gasteiger partial charge in [-0.3, -0.25) is 0 Å². The van der Waals surface area contributed by atoms with E-state index in [9.17, 15) is 4.79 Å². The highest BCUT2D eigenvalue weighted by Gasteiger charge is 2.40. The summed E-state index contributed by atoms with van der Waals surface area (Å²) in [4.78, 5) is 10.9. The zero-order chi connectivity index (χ0) is 17.2. The number of nitrogens with two attached hydrogens (primary N) is 1. The first kappa shape index (κ1) is 19.5. The lowest BCUT2D eigenvalue weighted by molar-refractivity contribution is 0.0143. The first-order valence-corrected chi connectivity index (χ1v) is 11.4. The largest absolute Gasteiger partial charge is 0.444 e. The maximum Gasteiger partial charge on any atom is 0.405 e. The van der Waals surface area contributed by atoms with Gasteiger partial charge in [-0.25, -0.2) is 4.79 Å². The smallest absolute Gasteiger partial charge is 0.405 e. The van der Waals surface area contributed by atoms with Gasteiger partial charge in [-0.1, -0.05) is 20.8 Å². The summed E-state index contributed by atoms with van der Waals surface area (Å²) in [6.45, 7) is 15.4. The van der Waals surface area contributed by atoms with Crippen molar-refractivity contribution in [3.05, 3.63) is 0 Å². The van der Waals surface area contributed by atoms with E-state index in [0.717, 1.165) is 32.1 Å². The minimum absolute atomic E-state index is 0.265. The number of amides is 1. The van der Waals surface area contributed by atoms with Gasteiger partial charge >= 0.3 is 6.09 Å². The van der Waals surface area contributed by atoms with E-state index in [1.807, 2.05) is 13.8 Å². The molecule has 1 fully saturated rings. The summed E-state index contributed by atoms with van der Waals surface area (Å²) in [6, 6.07) is 0. The number of rotatable bonds is 5. The van der Waals surface area contributed by atoms with E-state index >= 15 is 0 Å². The van der Waals surface area contributed by atoms with Crippen molar-refractivity contribution in [3.63, 3.8) is 0 Å². The van der Waals surface area contributed by atoms with Crippen LogP contribution >= 0.6 is 0 Å². The van der Waals surface area contributed by atoms with Crippen LogP contribution in [-0.2, 0) is 9.16 Å². The minimum Gasteiger partial charge on any atom is -0.444 e. The number of ether oxygens (including phenoxy) is 1. The van der Waals surface area contributed by atoms with Crippen LogP contribution in [0.4, 0.5) is 4.79 Å². The van der Waals surface area contributed by atoms with Crippen LogP contribution in [0.1, 0.15) is 66.7 Å². The van der Waals surface area contributed by atoms with Crippen molar-refractivity contribution in [2.24, 2.45) is 11.7 Å². The van der Waals surface area contributed by atoms with E-state index in [1.165, 1.54) is 0 Å². The average Bonchev–Trinajstić information content (AvgIpc) is 2.27. The molecule has 1 amide bonds. The molecule has 0 saturated heterocycles. The molecule has 0 bridgehead atoms. The van der Waals surface area contributed by atoms with E-state index in [-0.39, 0.29) is 5.04 Å². The molecule has 0 aromatic heterocycles. The zero-order valence-corrected chi connectivity index (χ0v) is 16.5. The van der Waals surface area contributed by atoms with Crippen molar-refractivity contribution in [2.75, 3.05) is 0 Å². The van der Waals surface area contributed by atoms with Gasteiger partial charge in [0.15, 0.2) is 8.32 Å². The van der Waals surface area contributed by atoms with Crippen LogP contribution in [0.25, 0.3) is 0 Å². The van der Waals surface area contributed by atoms with Gasteiger partial charge < -0.3 is 14.9 Å². The van der Waals surface area contributed by atoms with E-state index in [0.29, 0.717) is 12.0 Å². The van der Waals surface area contributed by atoms with Gasteiger partial charge in [0.1, 0.15) is 5.60 Å². The zero-order valence-electron chi connectivity index (χ0n) is 15.5. The van der Waals surface area contributed by atoms with Crippen LogP contribution in [0.2, 0.25) is 18.1 Å². The molecule has 0 aromatic rings. The van der Waals surface area contributed by atoms with Crippen molar-refractivity contribution in [3.8, 4) is 0 Å². The molecule has 0 aliphatic heterocycles. The molecule has 1 aliphatic carbocycles. The Morgan fingerprint density at radius 1 is 1.09 bits per heavy atom. The highest BCUT2D eigenvalue weighted by Crippen LogP contribution is 2.40. The minimum atomic E-state index is -1.67. The molecule has 2 N–H and O–H groups in total. The fraction of sp³-hybridized carbons (Fsp3) is 0.941. The Hall–Kier alpha value is -0.553. The normalized spacial score (nSPS) is 24.1. The van der Waals surface area contributed by atoms with Crippen molar-refractivity contribution < 1.29 is 14.0 Å². The summed E-state index contributed by atoms with van der Waals surface area (Å²) in [6.07, 6.45) is 5.11. The molecular weight excluding hydrogens is 294 g/mol. The second-order valence-electron chi connectivity index (χ2n) is 8.91. The fourth-order valence-corrected chi connectivity index (χ4v) is 4.48. The molecule has 0 radical (unpaired) electrons. The summed E-state index contributed by atoms with van der Waals surface area (Å²) >= 11 is 0. The summed E-state index contributed by atoms with van der Waals surface area (Å²) < 4.78 is 11.7. The topological polar surface area (TPSA) is 61.6 Å². The molecule has 1 aliphatic rings. The van der Waals surface area contributed by atoms with Crippen molar-refractivity contribution in [1.82, 2.24) is 0 Å². The number of carbonyl (C=O) groups excluding carboxylic acids is 1. The van der Waals surface area contributed by atoms with Crippen LogP contribution in [-0.4, -0.2) is 26.1 Å². The van der Waals surface area contributed by atoms with Crippen LogP contribution in [0.3, 0.4) is 0 Å². The second-order valence-corrected chi connectivity index (χ2v) is 13.7. The average molecular weight is 330 g/mol. The number of hydrogen-bond donors (Lipinski definition) is 1. The first-order chi connectivity index (χ1) is 9.82. The van der Waals surface area contributed by atoms with E-state index < -0.39 is 20.0 Å². The van der Waals surface area contributed by atoms with Crippen LogP contribution in [0, 0.1) is 5.92 Å². The third-order valence-corrected chi connectivity index (χ3v) is 9.75. The SMILES string of the molecule is CC(C)(CC1CCC(O[Si](C)(C)C(C)(C)C)CC1)OC(N)=O. The Labute approximate surface area is 137 Å². The summed E-state index contributed by atoms with van der Waals surface area (Å²) in [7, 11) is -1.67. The van der Waals surface area contributed by atoms with Crippen LogP contribution in [0.15, 0.2) is 0 Å². The van der Waals surface area contributed by atoms with Crippen LogP contribution in [0.5, 0.6) is 0 Å². The summed E-state index contributed by atoms with van der Waals surface area (Å²) in [5.41, 5.74) is 4.67. The maximum atomic E-state index is 10.9. The van der Waals surface area contributed by atoms with Crippen molar-refractivity contribution in [1.29, 1.82) is 0 Å². The molecule has 4 nitrogen and oxygen atoms in total. The predicted octanol–water partition coefficient (Wildman–Crippen LogP) is 4.83. The highest BCUT2D eigenvalue weighted by molar-refractivity contribution is 6.74. The van der Waals surface area contributed by atoms with E-state index in [4.69, 9.17) is 14.9 Å². The first-order valence-electron chi connectivity index (χ1n) is 8.49. The Balaban J connectivity index is 2.46. The Morgan fingerprint density at radius 2 is 1.59 bits per heavy atom. The third-order valence-electron chi connectivity index (χ3n) is 5.22. The molecule has 0 heterocycles. The van der Waals surface area contributed by atoms with Crippen molar-refractivity contribution >= 4 is 14.4 Å². The molecule has 0 aromatic carbocycles. The van der Waals surface area contributed by atoms with E-state index in [1.54, 1.807) is 0 Å². The molecule has 0 atom stereocenters. The standard InChI is InChI=1S/C17H35NO3Si/c1-16(2,3)22(6,7)21-14-10-8-13(9-11-14)12-17(4,5)20-15(18)19/h13-14H,8-12H2,1-7H3,(H2,18,19). The quantitative estimate of drug-likeness (QED) is 0.735. The van der Waals surface area contributed by atoms with Gasteiger partial charge in [0, 0.05) is 6.10 Å². The van der Waals surface area contributed by atoms with Gasteiger partial charge in [-0.2, -0.15) is 0 Å². The summed E-state index contributed by atoms with van der Waals surface area (Å²) in [5, 5.41) is 0.265.